The Balaban J connectivity index is 1.62. The third-order valence-electron chi connectivity index (χ3n) is 7.00. The Kier molecular flexibility index (Phi) is 3.69. The first-order chi connectivity index (χ1) is 11.2. The highest BCUT2D eigenvalue weighted by atomic mass is 32.2. The number of rotatable bonds is 3. The lowest BCUT2D eigenvalue weighted by molar-refractivity contribution is -0.119. The fraction of sp³-hybridized carbons (Fsp3) is 0.714. The molecule has 2 nitrogen and oxygen atoms in total. The largest absolute Gasteiger partial charge is 0.224 e. The molecule has 0 amide bonds. The van der Waals surface area contributed by atoms with Crippen LogP contribution in [0, 0.1) is 34.5 Å². The second-order valence-corrected chi connectivity index (χ2v) is 11.9. The van der Waals surface area contributed by atoms with Crippen molar-refractivity contribution in [1.82, 2.24) is 0 Å². The minimum atomic E-state index is -3.18. The van der Waals surface area contributed by atoms with Gasteiger partial charge >= 0.3 is 0 Å². The number of benzene rings is 1. The normalized spacial score (nSPS) is 38.5. The van der Waals surface area contributed by atoms with Crippen LogP contribution >= 0.6 is 0 Å². The van der Waals surface area contributed by atoms with Crippen LogP contribution in [0.15, 0.2) is 35.2 Å². The van der Waals surface area contributed by atoms with Gasteiger partial charge in [-0.15, -0.1) is 0 Å². The van der Waals surface area contributed by atoms with E-state index in [1.165, 1.54) is 12.8 Å². The third kappa shape index (κ3) is 2.73. The molecule has 0 spiro atoms. The molecule has 4 fully saturated rings. The van der Waals surface area contributed by atoms with E-state index in [2.05, 4.69) is 20.8 Å². The van der Waals surface area contributed by atoms with E-state index in [9.17, 15) is 8.42 Å². The molecule has 5 rings (SSSR count). The van der Waals surface area contributed by atoms with Crippen molar-refractivity contribution in [2.24, 2.45) is 34.5 Å². The van der Waals surface area contributed by atoms with Gasteiger partial charge in [-0.2, -0.15) is 0 Å². The summed E-state index contributed by atoms with van der Waals surface area (Å²) in [7, 11) is -3.18. The van der Waals surface area contributed by atoms with Gasteiger partial charge in [0, 0.05) is 0 Å². The van der Waals surface area contributed by atoms with Crippen LogP contribution in [-0.4, -0.2) is 14.2 Å². The first-order valence-corrected chi connectivity index (χ1v) is 11.1. The van der Waals surface area contributed by atoms with Crippen LogP contribution in [0.2, 0.25) is 0 Å². The first kappa shape index (κ1) is 16.6. The van der Waals surface area contributed by atoms with Crippen LogP contribution in [0.1, 0.15) is 52.9 Å². The Bertz CT molecular complexity index is 698. The van der Waals surface area contributed by atoms with Gasteiger partial charge in [0.25, 0.3) is 0 Å². The maximum absolute atomic E-state index is 13.0. The van der Waals surface area contributed by atoms with E-state index in [4.69, 9.17) is 0 Å². The Labute approximate surface area is 147 Å². The van der Waals surface area contributed by atoms with Crippen molar-refractivity contribution in [3.63, 3.8) is 0 Å². The monoisotopic (exact) mass is 346 g/mol. The van der Waals surface area contributed by atoms with Crippen molar-refractivity contribution in [1.29, 1.82) is 0 Å². The van der Waals surface area contributed by atoms with E-state index in [0.717, 1.165) is 42.9 Å². The minimum Gasteiger partial charge on any atom is -0.224 e. The van der Waals surface area contributed by atoms with Gasteiger partial charge in [-0.3, -0.25) is 0 Å². The average Bonchev–Trinajstić information content (AvgIpc) is 2.44. The second-order valence-electron chi connectivity index (χ2n) is 9.93. The summed E-state index contributed by atoms with van der Waals surface area (Å²) in [6.45, 7) is 7.15. The van der Waals surface area contributed by atoms with Crippen LogP contribution in [-0.2, 0) is 9.84 Å². The molecule has 2 unspecified atom stereocenters. The molecular weight excluding hydrogens is 316 g/mol. The van der Waals surface area contributed by atoms with Crippen LogP contribution in [0.3, 0.4) is 0 Å². The van der Waals surface area contributed by atoms with Gasteiger partial charge in [-0.1, -0.05) is 39.0 Å². The predicted octanol–water partition coefficient (Wildman–Crippen LogP) is 4.95. The summed E-state index contributed by atoms with van der Waals surface area (Å²) in [4.78, 5) is 0.508. The van der Waals surface area contributed by atoms with Crippen molar-refractivity contribution in [3.8, 4) is 0 Å². The van der Waals surface area contributed by atoms with E-state index in [0.29, 0.717) is 16.1 Å². The lowest BCUT2D eigenvalue weighted by atomic mass is 9.43. The molecule has 1 aromatic carbocycles. The van der Waals surface area contributed by atoms with Crippen LogP contribution < -0.4 is 0 Å². The molecule has 0 N–H and O–H groups in total. The Morgan fingerprint density at radius 1 is 1.00 bits per heavy atom. The zero-order chi connectivity index (χ0) is 17.2. The summed E-state index contributed by atoms with van der Waals surface area (Å²) >= 11 is 0. The zero-order valence-corrected chi connectivity index (χ0v) is 16.0. The molecule has 0 saturated heterocycles. The highest BCUT2D eigenvalue weighted by molar-refractivity contribution is 7.91. The van der Waals surface area contributed by atoms with Gasteiger partial charge in [-0.25, -0.2) is 8.42 Å². The fourth-order valence-electron chi connectivity index (χ4n) is 6.90. The minimum absolute atomic E-state index is 0.0485. The van der Waals surface area contributed by atoms with Gasteiger partial charge in [0.05, 0.1) is 10.6 Å². The summed E-state index contributed by atoms with van der Waals surface area (Å²) in [5.74, 6) is 3.39. The van der Waals surface area contributed by atoms with Crippen molar-refractivity contribution >= 4 is 9.84 Å². The maximum atomic E-state index is 13.0. The summed E-state index contributed by atoms with van der Waals surface area (Å²) in [6.07, 6.45) is 6.09. The molecule has 0 aromatic heterocycles. The van der Waals surface area contributed by atoms with Gasteiger partial charge in [0.15, 0.2) is 9.84 Å². The molecule has 4 aliphatic rings. The van der Waals surface area contributed by atoms with E-state index in [-0.39, 0.29) is 5.41 Å². The van der Waals surface area contributed by atoms with Crippen LogP contribution in [0.25, 0.3) is 0 Å². The maximum Gasteiger partial charge on any atom is 0.178 e. The molecule has 4 aliphatic carbocycles. The molecule has 2 atom stereocenters. The Hall–Kier alpha value is -0.830. The third-order valence-corrected chi connectivity index (χ3v) is 8.98. The van der Waals surface area contributed by atoms with E-state index in [1.807, 2.05) is 18.2 Å². The lowest BCUT2D eigenvalue weighted by Gasteiger charge is -2.63. The molecule has 24 heavy (non-hydrogen) atoms. The fourth-order valence-corrected chi connectivity index (χ4v) is 8.80. The highest BCUT2D eigenvalue weighted by Gasteiger charge is 2.58. The Morgan fingerprint density at radius 3 is 2.12 bits per heavy atom. The molecule has 1 aromatic rings. The van der Waals surface area contributed by atoms with Gasteiger partial charge in [-0.05, 0) is 78.7 Å². The molecule has 0 radical (unpaired) electrons. The lowest BCUT2D eigenvalue weighted by Crippen LogP contribution is -2.56. The molecule has 0 aliphatic heterocycles. The average molecular weight is 347 g/mol. The van der Waals surface area contributed by atoms with Crippen molar-refractivity contribution in [2.75, 3.05) is 5.75 Å². The molecule has 4 saturated carbocycles. The standard InChI is InChI=1S/C21H30O2S/c1-20(2,3)19-16-9-15-10-17(19)13-21(11-15,12-16)14-24(22,23)18-7-5-4-6-8-18/h4-8,15-17,19H,9-14H2,1-3H3. The number of hydrogen-bond donors (Lipinski definition) is 0. The summed E-state index contributed by atoms with van der Waals surface area (Å²) < 4.78 is 26.0. The number of hydrogen-bond acceptors (Lipinski definition) is 2. The number of sulfone groups is 1. The van der Waals surface area contributed by atoms with Gasteiger partial charge in [0.1, 0.15) is 0 Å². The van der Waals surface area contributed by atoms with Crippen molar-refractivity contribution in [2.45, 2.75) is 57.8 Å². The topological polar surface area (TPSA) is 34.1 Å². The summed E-state index contributed by atoms with van der Waals surface area (Å²) in [5.41, 5.74) is 0.398. The molecular formula is C21H30O2S. The summed E-state index contributed by atoms with van der Waals surface area (Å²) in [6, 6.07) is 9.07. The van der Waals surface area contributed by atoms with Crippen molar-refractivity contribution < 1.29 is 8.42 Å². The quantitative estimate of drug-likeness (QED) is 0.776. The van der Waals surface area contributed by atoms with E-state index < -0.39 is 9.84 Å². The zero-order valence-electron chi connectivity index (χ0n) is 15.2. The van der Waals surface area contributed by atoms with E-state index in [1.54, 1.807) is 12.1 Å². The second kappa shape index (κ2) is 5.33. The highest BCUT2D eigenvalue weighted by Crippen LogP contribution is 2.65. The molecule has 0 heterocycles. The molecule has 4 bridgehead atoms. The first-order valence-electron chi connectivity index (χ1n) is 9.46. The summed E-state index contributed by atoms with van der Waals surface area (Å²) in [5, 5.41) is 0. The van der Waals surface area contributed by atoms with Crippen LogP contribution in [0.4, 0.5) is 0 Å². The van der Waals surface area contributed by atoms with Gasteiger partial charge in [0.2, 0.25) is 0 Å². The smallest absolute Gasteiger partial charge is 0.178 e. The van der Waals surface area contributed by atoms with Gasteiger partial charge < -0.3 is 0 Å². The SMILES string of the molecule is CC(C)(C)C1C2CC3CC1CC(CS(=O)(=O)c1ccccc1)(C3)C2. The van der Waals surface area contributed by atoms with Crippen LogP contribution in [0.5, 0.6) is 0 Å². The predicted molar refractivity (Wildman–Crippen MR) is 97.4 cm³/mol. The molecule has 132 valence electrons. The van der Waals surface area contributed by atoms with E-state index >= 15 is 0 Å². The van der Waals surface area contributed by atoms with Crippen molar-refractivity contribution in [3.05, 3.63) is 30.3 Å². The Morgan fingerprint density at radius 2 is 1.58 bits per heavy atom. The molecule has 3 heteroatoms.